The van der Waals surface area contributed by atoms with Crippen molar-refractivity contribution >= 4 is 0 Å². The molecule has 0 unspecified atom stereocenters. The Morgan fingerprint density at radius 3 is 3.00 bits per heavy atom. The summed E-state index contributed by atoms with van der Waals surface area (Å²) < 4.78 is 1.74. The molecule has 2 N–H and O–H groups in total. The van der Waals surface area contributed by atoms with Gasteiger partial charge in [0.25, 0.3) is 0 Å². The lowest BCUT2D eigenvalue weighted by molar-refractivity contribution is 0.499. The van der Waals surface area contributed by atoms with E-state index in [1.54, 1.807) is 11.0 Å². The van der Waals surface area contributed by atoms with Gasteiger partial charge in [-0.3, -0.25) is 4.68 Å². The van der Waals surface area contributed by atoms with Gasteiger partial charge in [0.05, 0.1) is 6.54 Å². The van der Waals surface area contributed by atoms with Crippen LogP contribution in [0.25, 0.3) is 0 Å². The van der Waals surface area contributed by atoms with E-state index >= 15 is 0 Å². The lowest BCUT2D eigenvalue weighted by atomic mass is 10.2. The summed E-state index contributed by atoms with van der Waals surface area (Å²) in [4.78, 5) is 3.81. The molecule has 56 valence electrons. The van der Waals surface area contributed by atoms with Gasteiger partial charge >= 0.3 is 0 Å². The zero-order chi connectivity index (χ0) is 7.40. The van der Waals surface area contributed by atoms with Crippen LogP contribution in [0.1, 0.15) is 13.3 Å². The third kappa shape index (κ3) is 1.80. The van der Waals surface area contributed by atoms with Crippen molar-refractivity contribution < 1.29 is 0 Å². The standard InChI is InChI=1S/C6H12N4/c1-2-6(7)3-10-5-8-4-9-10/h4-6H,2-3,7H2,1H3/t6-/m0/s1. The molecule has 10 heavy (non-hydrogen) atoms. The second-order valence-electron chi connectivity index (χ2n) is 2.29. The predicted octanol–water partition coefficient (Wildman–Crippen LogP) is 0.0154. The van der Waals surface area contributed by atoms with Crippen LogP contribution in [-0.2, 0) is 6.54 Å². The smallest absolute Gasteiger partial charge is 0.137 e. The van der Waals surface area contributed by atoms with Gasteiger partial charge in [-0.2, -0.15) is 5.10 Å². The molecule has 0 fully saturated rings. The highest BCUT2D eigenvalue weighted by atomic mass is 15.3. The second-order valence-corrected chi connectivity index (χ2v) is 2.29. The van der Waals surface area contributed by atoms with Gasteiger partial charge in [-0.25, -0.2) is 4.98 Å². The second kappa shape index (κ2) is 3.31. The molecule has 1 aromatic heterocycles. The van der Waals surface area contributed by atoms with Crippen molar-refractivity contribution in [1.82, 2.24) is 14.8 Å². The topological polar surface area (TPSA) is 56.7 Å². The fourth-order valence-corrected chi connectivity index (χ4v) is 0.696. The summed E-state index contributed by atoms with van der Waals surface area (Å²) in [5.74, 6) is 0. The van der Waals surface area contributed by atoms with Gasteiger partial charge in [-0.05, 0) is 6.42 Å². The van der Waals surface area contributed by atoms with Crippen LogP contribution in [0, 0.1) is 0 Å². The van der Waals surface area contributed by atoms with Gasteiger partial charge in [0.1, 0.15) is 12.7 Å². The first-order valence-electron chi connectivity index (χ1n) is 3.41. The Morgan fingerprint density at radius 1 is 1.70 bits per heavy atom. The maximum Gasteiger partial charge on any atom is 0.137 e. The predicted molar refractivity (Wildman–Crippen MR) is 38.3 cm³/mol. The van der Waals surface area contributed by atoms with Crippen molar-refractivity contribution in [2.24, 2.45) is 5.73 Å². The van der Waals surface area contributed by atoms with Crippen LogP contribution in [0.2, 0.25) is 0 Å². The minimum atomic E-state index is 0.196. The summed E-state index contributed by atoms with van der Waals surface area (Å²) in [6.07, 6.45) is 4.16. The molecule has 4 heteroatoms. The summed E-state index contributed by atoms with van der Waals surface area (Å²) >= 11 is 0. The largest absolute Gasteiger partial charge is 0.326 e. The maximum atomic E-state index is 5.68. The molecule has 1 rings (SSSR count). The van der Waals surface area contributed by atoms with Crippen LogP contribution < -0.4 is 5.73 Å². The highest BCUT2D eigenvalue weighted by Crippen LogP contribution is 1.89. The van der Waals surface area contributed by atoms with Gasteiger partial charge < -0.3 is 5.73 Å². The quantitative estimate of drug-likeness (QED) is 0.643. The van der Waals surface area contributed by atoms with Gasteiger partial charge in [-0.15, -0.1) is 0 Å². The zero-order valence-corrected chi connectivity index (χ0v) is 6.07. The van der Waals surface area contributed by atoms with Crippen molar-refractivity contribution in [2.45, 2.75) is 25.9 Å². The third-order valence-electron chi connectivity index (χ3n) is 1.41. The first-order chi connectivity index (χ1) is 4.83. The molecule has 0 aromatic carbocycles. The fraction of sp³-hybridized carbons (Fsp3) is 0.667. The molecule has 0 bridgehead atoms. The molecular weight excluding hydrogens is 128 g/mol. The van der Waals surface area contributed by atoms with Crippen molar-refractivity contribution in [1.29, 1.82) is 0 Å². The van der Waals surface area contributed by atoms with Gasteiger partial charge in [0, 0.05) is 6.04 Å². The van der Waals surface area contributed by atoms with E-state index in [4.69, 9.17) is 5.73 Å². The Hall–Kier alpha value is -0.900. The van der Waals surface area contributed by atoms with Gasteiger partial charge in [0.15, 0.2) is 0 Å². The minimum absolute atomic E-state index is 0.196. The number of hydrogen-bond donors (Lipinski definition) is 1. The average molecular weight is 140 g/mol. The summed E-state index contributed by atoms with van der Waals surface area (Å²) in [7, 11) is 0. The van der Waals surface area contributed by atoms with Crippen molar-refractivity contribution in [3.63, 3.8) is 0 Å². The van der Waals surface area contributed by atoms with Crippen LogP contribution in [0.5, 0.6) is 0 Å². The van der Waals surface area contributed by atoms with E-state index in [-0.39, 0.29) is 6.04 Å². The molecule has 1 aromatic rings. The van der Waals surface area contributed by atoms with Crippen molar-refractivity contribution in [2.75, 3.05) is 0 Å². The number of nitrogens with zero attached hydrogens (tertiary/aromatic N) is 3. The summed E-state index contributed by atoms with van der Waals surface area (Å²) in [5, 5.41) is 3.93. The number of rotatable bonds is 3. The monoisotopic (exact) mass is 140 g/mol. The van der Waals surface area contributed by atoms with Crippen LogP contribution in [0.15, 0.2) is 12.7 Å². The Bertz CT molecular complexity index is 170. The highest BCUT2D eigenvalue weighted by molar-refractivity contribution is 4.62. The minimum Gasteiger partial charge on any atom is -0.326 e. The van der Waals surface area contributed by atoms with Crippen LogP contribution in [-0.4, -0.2) is 20.8 Å². The fourth-order valence-electron chi connectivity index (χ4n) is 0.696. The molecule has 0 aliphatic rings. The molecule has 0 saturated heterocycles. The Balaban J connectivity index is 2.40. The first kappa shape index (κ1) is 7.21. The summed E-state index contributed by atoms with van der Waals surface area (Å²) in [6, 6.07) is 0.196. The molecule has 0 radical (unpaired) electrons. The van der Waals surface area contributed by atoms with Crippen LogP contribution >= 0.6 is 0 Å². The lowest BCUT2D eigenvalue weighted by Gasteiger charge is -2.06. The van der Waals surface area contributed by atoms with Gasteiger partial charge in [0.2, 0.25) is 0 Å². The lowest BCUT2D eigenvalue weighted by Crippen LogP contribution is -2.25. The van der Waals surface area contributed by atoms with Crippen molar-refractivity contribution in [3.8, 4) is 0 Å². The molecule has 1 atom stereocenters. The first-order valence-corrected chi connectivity index (χ1v) is 3.41. The molecule has 0 saturated carbocycles. The van der Waals surface area contributed by atoms with Crippen molar-refractivity contribution in [3.05, 3.63) is 12.7 Å². The van der Waals surface area contributed by atoms with E-state index in [2.05, 4.69) is 17.0 Å². The Kier molecular flexibility index (Phi) is 2.39. The molecule has 4 nitrogen and oxygen atoms in total. The maximum absolute atomic E-state index is 5.68. The molecule has 0 amide bonds. The normalized spacial score (nSPS) is 13.4. The van der Waals surface area contributed by atoms with E-state index in [9.17, 15) is 0 Å². The molecule has 0 aliphatic heterocycles. The number of hydrogen-bond acceptors (Lipinski definition) is 3. The van der Waals surface area contributed by atoms with E-state index < -0.39 is 0 Å². The van der Waals surface area contributed by atoms with Gasteiger partial charge in [-0.1, -0.05) is 6.92 Å². The van der Waals surface area contributed by atoms with E-state index in [0.717, 1.165) is 13.0 Å². The summed E-state index contributed by atoms with van der Waals surface area (Å²) in [5.41, 5.74) is 5.68. The van der Waals surface area contributed by atoms with Crippen LogP contribution in [0.3, 0.4) is 0 Å². The van der Waals surface area contributed by atoms with Crippen LogP contribution in [0.4, 0.5) is 0 Å². The SMILES string of the molecule is CC[C@H](N)Cn1cncn1. The average Bonchev–Trinajstić information content (AvgIpc) is 2.40. The number of nitrogens with two attached hydrogens (primary N) is 1. The third-order valence-corrected chi connectivity index (χ3v) is 1.41. The number of aromatic nitrogens is 3. The Morgan fingerprint density at radius 2 is 2.50 bits per heavy atom. The Labute approximate surface area is 60.1 Å². The van der Waals surface area contributed by atoms with E-state index in [1.165, 1.54) is 6.33 Å². The molecule has 0 spiro atoms. The molecule has 1 heterocycles. The van der Waals surface area contributed by atoms with E-state index in [1.807, 2.05) is 0 Å². The summed E-state index contributed by atoms with van der Waals surface area (Å²) in [6.45, 7) is 2.82. The highest BCUT2D eigenvalue weighted by Gasteiger charge is 1.98. The molecule has 0 aliphatic carbocycles. The molecular formula is C6H12N4. The zero-order valence-electron chi connectivity index (χ0n) is 6.07. The van der Waals surface area contributed by atoms with E-state index in [0.29, 0.717) is 0 Å².